The summed E-state index contributed by atoms with van der Waals surface area (Å²) < 4.78 is 2.65. The van der Waals surface area contributed by atoms with Gasteiger partial charge in [0.15, 0.2) is 0 Å². The molecule has 1 fully saturated rings. The second-order valence-electron chi connectivity index (χ2n) is 7.69. The van der Waals surface area contributed by atoms with E-state index in [4.69, 9.17) is 11.5 Å². The molecule has 1 aromatic carbocycles. The van der Waals surface area contributed by atoms with Crippen LogP contribution in [0, 0.1) is 0 Å². The Hall–Kier alpha value is -2.40. The van der Waals surface area contributed by atoms with E-state index in [1.54, 1.807) is 11.8 Å². The number of nitrogens with zero attached hydrogens (tertiary/aromatic N) is 4. The summed E-state index contributed by atoms with van der Waals surface area (Å²) in [5, 5.41) is 22.7. The second-order valence-corrected chi connectivity index (χ2v) is 9.90. The van der Waals surface area contributed by atoms with Gasteiger partial charge in [-0.05, 0) is 52.5 Å². The molecule has 0 saturated carbocycles. The number of aromatic nitrogens is 4. The van der Waals surface area contributed by atoms with Gasteiger partial charge in [-0.2, -0.15) is 0 Å². The van der Waals surface area contributed by atoms with Crippen LogP contribution >= 0.6 is 27.7 Å². The summed E-state index contributed by atoms with van der Waals surface area (Å²) in [7, 11) is 0. The number of thioether (sulfide) groups is 1. The topological polar surface area (TPSA) is 136 Å². The van der Waals surface area contributed by atoms with Crippen LogP contribution in [-0.4, -0.2) is 47.2 Å². The van der Waals surface area contributed by atoms with E-state index in [9.17, 15) is 10.2 Å². The Kier molecular flexibility index (Phi) is 5.25. The number of fused-ring (bicyclic) bond motifs is 2. The maximum absolute atomic E-state index is 10.7. The molecule has 4 atom stereocenters. The molecule has 6 N–H and O–H groups in total. The first-order valence-electron chi connectivity index (χ1n) is 9.85. The van der Waals surface area contributed by atoms with Crippen LogP contribution in [-0.2, 0) is 6.42 Å². The number of aryl methyl sites for hydroxylation is 1. The maximum Gasteiger partial charge on any atom is 0.146 e. The Bertz CT molecular complexity index is 1280. The van der Waals surface area contributed by atoms with Gasteiger partial charge in [0.25, 0.3) is 0 Å². The lowest BCUT2D eigenvalue weighted by atomic mass is 10.0. The van der Waals surface area contributed by atoms with E-state index in [0.29, 0.717) is 23.7 Å². The van der Waals surface area contributed by atoms with E-state index in [0.717, 1.165) is 32.7 Å². The molecule has 4 aromatic rings. The van der Waals surface area contributed by atoms with E-state index in [1.165, 1.54) is 6.33 Å². The van der Waals surface area contributed by atoms with Crippen LogP contribution in [0.25, 0.3) is 21.9 Å². The highest BCUT2D eigenvalue weighted by Crippen LogP contribution is 2.45. The van der Waals surface area contributed by atoms with Crippen LogP contribution in [0.2, 0.25) is 0 Å². The predicted molar refractivity (Wildman–Crippen MR) is 127 cm³/mol. The molecule has 3 aromatic heterocycles. The van der Waals surface area contributed by atoms with Gasteiger partial charge in [-0.3, -0.25) is 0 Å². The van der Waals surface area contributed by atoms with Gasteiger partial charge in [0, 0.05) is 16.8 Å². The minimum absolute atomic E-state index is 0.115. The Labute approximate surface area is 190 Å². The van der Waals surface area contributed by atoms with Crippen molar-refractivity contribution in [3.8, 4) is 0 Å². The number of pyridine rings is 1. The molecule has 0 amide bonds. The molecule has 160 valence electrons. The number of halogens is 1. The lowest BCUT2D eigenvalue weighted by molar-refractivity contribution is 0.0176. The maximum atomic E-state index is 10.7. The third-order valence-corrected chi connectivity index (χ3v) is 8.02. The lowest BCUT2D eigenvalue weighted by Crippen LogP contribution is -2.31. The number of nitrogen functional groups attached to an aromatic ring is 2. The highest BCUT2D eigenvalue weighted by molar-refractivity contribution is 9.10. The Balaban J connectivity index is 1.34. The number of aliphatic hydroxyl groups is 2. The monoisotopic (exact) mass is 500 g/mol. The van der Waals surface area contributed by atoms with E-state index in [2.05, 4.69) is 36.9 Å². The van der Waals surface area contributed by atoms with Crippen molar-refractivity contribution < 1.29 is 10.2 Å². The van der Waals surface area contributed by atoms with E-state index in [-0.39, 0.29) is 10.6 Å². The number of hydrogen-bond donors (Lipinski definition) is 4. The second kappa shape index (κ2) is 7.94. The SMILES string of the molecule is Nc1nc2cc(CC[C@H]3S[C@@H](n4ccc5c(N)ncnc54)[C@H](O)[C@@H]3O)ccc2cc1Br. The summed E-state index contributed by atoms with van der Waals surface area (Å²) in [6.45, 7) is 0. The van der Waals surface area contributed by atoms with Crippen molar-refractivity contribution in [2.24, 2.45) is 0 Å². The molecule has 0 aliphatic carbocycles. The van der Waals surface area contributed by atoms with E-state index >= 15 is 0 Å². The summed E-state index contributed by atoms with van der Waals surface area (Å²) >= 11 is 4.96. The lowest BCUT2D eigenvalue weighted by Gasteiger charge is -2.17. The van der Waals surface area contributed by atoms with Crippen LogP contribution in [0.5, 0.6) is 0 Å². The molecule has 31 heavy (non-hydrogen) atoms. The molecule has 8 nitrogen and oxygen atoms in total. The quantitative estimate of drug-likeness (QED) is 0.335. The first-order chi connectivity index (χ1) is 14.9. The van der Waals surface area contributed by atoms with Crippen molar-refractivity contribution in [1.82, 2.24) is 19.5 Å². The van der Waals surface area contributed by atoms with Crippen LogP contribution in [0.1, 0.15) is 17.4 Å². The number of hydrogen-bond acceptors (Lipinski definition) is 8. The van der Waals surface area contributed by atoms with Crippen LogP contribution < -0.4 is 11.5 Å². The minimum atomic E-state index is -0.905. The van der Waals surface area contributed by atoms with Crippen molar-refractivity contribution in [2.45, 2.75) is 35.7 Å². The van der Waals surface area contributed by atoms with Gasteiger partial charge in [0.2, 0.25) is 0 Å². The first-order valence-corrected chi connectivity index (χ1v) is 11.6. The largest absolute Gasteiger partial charge is 0.389 e. The molecule has 0 bridgehead atoms. The normalized spacial score (nSPS) is 23.7. The average Bonchev–Trinajstić information content (AvgIpc) is 3.30. The summed E-state index contributed by atoms with van der Waals surface area (Å²) in [5.41, 5.74) is 14.4. The van der Waals surface area contributed by atoms with Gasteiger partial charge in [0.1, 0.15) is 35.1 Å². The van der Waals surface area contributed by atoms with Crippen molar-refractivity contribution in [2.75, 3.05) is 11.5 Å². The van der Waals surface area contributed by atoms with Crippen molar-refractivity contribution in [1.29, 1.82) is 0 Å². The van der Waals surface area contributed by atoms with Crippen molar-refractivity contribution in [3.63, 3.8) is 0 Å². The van der Waals surface area contributed by atoms with E-state index in [1.807, 2.05) is 35.0 Å². The van der Waals surface area contributed by atoms with Crippen molar-refractivity contribution in [3.05, 3.63) is 52.9 Å². The molecule has 4 heterocycles. The first kappa shape index (κ1) is 20.5. The third-order valence-electron chi connectivity index (χ3n) is 5.73. The number of benzene rings is 1. The summed E-state index contributed by atoms with van der Waals surface area (Å²) in [5.74, 6) is 0.858. The van der Waals surface area contributed by atoms with Gasteiger partial charge < -0.3 is 26.2 Å². The standard InChI is InChI=1S/C21H21BrN6O2S/c22-13-8-11-3-1-10(7-14(11)27-19(13)24)2-4-15-16(29)17(30)21(31-15)28-6-5-12-18(23)25-9-26-20(12)28/h1,3,5-9,15-17,21,29-30H,2,4H2,(H2,24,27)(H2,23,25,26)/t15-,16-,17-,21-/m1/s1. The molecule has 1 saturated heterocycles. The van der Waals surface area contributed by atoms with Gasteiger partial charge >= 0.3 is 0 Å². The molecule has 0 spiro atoms. The minimum Gasteiger partial charge on any atom is -0.389 e. The van der Waals surface area contributed by atoms with Gasteiger partial charge in [-0.15, -0.1) is 11.8 Å². The zero-order valence-electron chi connectivity index (χ0n) is 16.4. The Morgan fingerprint density at radius 1 is 1.06 bits per heavy atom. The smallest absolute Gasteiger partial charge is 0.146 e. The molecule has 0 radical (unpaired) electrons. The molecule has 0 unspecified atom stereocenters. The molecule has 1 aliphatic rings. The summed E-state index contributed by atoms with van der Waals surface area (Å²) in [6, 6.07) is 9.90. The summed E-state index contributed by atoms with van der Waals surface area (Å²) in [4.78, 5) is 12.8. The van der Waals surface area contributed by atoms with Crippen molar-refractivity contribution >= 4 is 61.3 Å². The fourth-order valence-corrected chi connectivity index (χ4v) is 5.95. The average molecular weight is 501 g/mol. The highest BCUT2D eigenvalue weighted by atomic mass is 79.9. The van der Waals surface area contributed by atoms with E-state index < -0.39 is 12.2 Å². The predicted octanol–water partition coefficient (Wildman–Crippen LogP) is 2.88. The number of nitrogens with two attached hydrogens (primary N) is 2. The zero-order valence-corrected chi connectivity index (χ0v) is 18.8. The number of aliphatic hydroxyl groups excluding tert-OH is 2. The Morgan fingerprint density at radius 2 is 1.90 bits per heavy atom. The molecular weight excluding hydrogens is 480 g/mol. The zero-order chi connectivity index (χ0) is 21.7. The fourth-order valence-electron chi connectivity index (χ4n) is 4.06. The van der Waals surface area contributed by atoms with Crippen LogP contribution in [0.4, 0.5) is 11.6 Å². The number of anilines is 2. The molecule has 5 rings (SSSR count). The van der Waals surface area contributed by atoms with Gasteiger partial charge in [-0.25, -0.2) is 15.0 Å². The fraction of sp³-hybridized carbons (Fsp3) is 0.286. The Morgan fingerprint density at radius 3 is 2.74 bits per heavy atom. The third kappa shape index (κ3) is 3.63. The molecule has 10 heteroatoms. The van der Waals surface area contributed by atoms with Crippen LogP contribution in [0.3, 0.4) is 0 Å². The summed E-state index contributed by atoms with van der Waals surface area (Å²) in [6.07, 6.45) is 2.97. The van der Waals surface area contributed by atoms with Gasteiger partial charge in [-0.1, -0.05) is 12.1 Å². The number of rotatable bonds is 4. The van der Waals surface area contributed by atoms with Gasteiger partial charge in [0.05, 0.1) is 21.5 Å². The molecular formula is C21H21BrN6O2S. The molecule has 1 aliphatic heterocycles. The highest BCUT2D eigenvalue weighted by Gasteiger charge is 2.43. The van der Waals surface area contributed by atoms with Crippen LogP contribution in [0.15, 0.2) is 47.3 Å².